The normalized spacial score (nSPS) is 10.7. The zero-order valence-electron chi connectivity index (χ0n) is 19.5. The highest BCUT2D eigenvalue weighted by Crippen LogP contribution is 2.41. The van der Waals surface area contributed by atoms with Gasteiger partial charge in [-0.15, -0.1) is 0 Å². The summed E-state index contributed by atoms with van der Waals surface area (Å²) in [5, 5.41) is 11.0. The van der Waals surface area contributed by atoms with Gasteiger partial charge in [0.25, 0.3) is 0 Å². The van der Waals surface area contributed by atoms with Crippen molar-refractivity contribution in [2.24, 2.45) is 0 Å². The maximum atomic E-state index is 14.0. The Morgan fingerprint density at radius 3 is 2.00 bits per heavy atom. The van der Waals surface area contributed by atoms with Crippen LogP contribution in [0.3, 0.4) is 0 Å². The van der Waals surface area contributed by atoms with E-state index in [9.17, 15) is 9.90 Å². The number of ketones is 1. The molecule has 0 aliphatic heterocycles. The molecule has 0 aliphatic carbocycles. The third kappa shape index (κ3) is 3.83. The fourth-order valence-electron chi connectivity index (χ4n) is 3.95. The average molecular weight is 463 g/mol. The summed E-state index contributed by atoms with van der Waals surface area (Å²) < 4.78 is 26.8. The topological polar surface area (TPSA) is 99.2 Å². The second-order valence-electron chi connectivity index (χ2n) is 7.42. The molecule has 176 valence electrons. The van der Waals surface area contributed by atoms with Crippen LogP contribution in [0.5, 0.6) is 34.5 Å². The molecule has 0 radical (unpaired) electrons. The van der Waals surface area contributed by atoms with Gasteiger partial charge >= 0.3 is 0 Å². The monoisotopic (exact) mass is 463 g/mol. The van der Waals surface area contributed by atoms with Crippen molar-refractivity contribution >= 4 is 16.7 Å². The Bertz CT molecular complexity index is 1350. The lowest BCUT2D eigenvalue weighted by atomic mass is 9.96. The van der Waals surface area contributed by atoms with Crippen molar-refractivity contribution < 1.29 is 33.6 Å². The van der Waals surface area contributed by atoms with E-state index in [1.165, 1.54) is 28.4 Å². The number of carbonyl (C=O) groups excluding carboxylic acids is 1. The maximum absolute atomic E-state index is 14.0. The molecule has 34 heavy (non-hydrogen) atoms. The van der Waals surface area contributed by atoms with Gasteiger partial charge in [0.05, 0.1) is 46.8 Å². The van der Waals surface area contributed by atoms with E-state index >= 15 is 0 Å². The van der Waals surface area contributed by atoms with Gasteiger partial charge in [0.1, 0.15) is 5.75 Å². The third-order valence-corrected chi connectivity index (χ3v) is 5.63. The van der Waals surface area contributed by atoms with E-state index in [1.807, 2.05) is 12.1 Å². The van der Waals surface area contributed by atoms with Gasteiger partial charge in [0, 0.05) is 22.0 Å². The van der Waals surface area contributed by atoms with E-state index in [4.69, 9.17) is 23.7 Å². The maximum Gasteiger partial charge on any atom is 0.203 e. The second-order valence-corrected chi connectivity index (χ2v) is 7.42. The molecule has 8 nitrogen and oxygen atoms in total. The summed E-state index contributed by atoms with van der Waals surface area (Å²) in [6.07, 6.45) is 0. The molecule has 4 aromatic rings. The highest BCUT2D eigenvalue weighted by molar-refractivity contribution is 6.21. The number of phenolic OH excluding ortho intramolecular Hbond substituents is 1. The summed E-state index contributed by atoms with van der Waals surface area (Å²) in [5.41, 5.74) is 2.65. The molecule has 4 rings (SSSR count). The van der Waals surface area contributed by atoms with Crippen molar-refractivity contribution in [1.82, 2.24) is 4.98 Å². The lowest BCUT2D eigenvalue weighted by molar-refractivity contribution is 0.104. The molecular weight excluding hydrogens is 438 g/mol. The number of aromatic amines is 1. The molecule has 0 saturated carbocycles. The van der Waals surface area contributed by atoms with Crippen LogP contribution in [0.4, 0.5) is 0 Å². The Morgan fingerprint density at radius 1 is 0.765 bits per heavy atom. The van der Waals surface area contributed by atoms with Crippen LogP contribution in [0, 0.1) is 0 Å². The Morgan fingerprint density at radius 2 is 1.44 bits per heavy atom. The Balaban J connectivity index is 1.98. The molecule has 0 bridgehead atoms. The highest BCUT2D eigenvalue weighted by atomic mass is 16.5. The number of fused-ring (bicyclic) bond motifs is 1. The number of benzene rings is 3. The van der Waals surface area contributed by atoms with E-state index in [0.717, 1.165) is 5.52 Å². The first kappa shape index (κ1) is 22.8. The van der Waals surface area contributed by atoms with Gasteiger partial charge in [-0.25, -0.2) is 0 Å². The van der Waals surface area contributed by atoms with Crippen molar-refractivity contribution in [2.75, 3.05) is 35.5 Å². The van der Waals surface area contributed by atoms with Gasteiger partial charge < -0.3 is 33.8 Å². The smallest absolute Gasteiger partial charge is 0.203 e. The van der Waals surface area contributed by atoms with E-state index in [2.05, 4.69) is 4.98 Å². The van der Waals surface area contributed by atoms with E-state index in [0.29, 0.717) is 56.5 Å². The number of aromatic hydroxyl groups is 1. The average Bonchev–Trinajstić information content (AvgIpc) is 3.25. The van der Waals surface area contributed by atoms with Crippen molar-refractivity contribution in [3.8, 4) is 45.8 Å². The zero-order valence-corrected chi connectivity index (χ0v) is 19.5. The predicted octanol–water partition coefficient (Wildman–Crippen LogP) is 4.81. The number of carbonyl (C=O) groups is 1. The molecule has 0 spiro atoms. The third-order valence-electron chi connectivity index (χ3n) is 5.63. The van der Waals surface area contributed by atoms with Crippen LogP contribution < -0.4 is 23.7 Å². The highest BCUT2D eigenvalue weighted by Gasteiger charge is 2.25. The minimum absolute atomic E-state index is 0.0394. The van der Waals surface area contributed by atoms with Gasteiger partial charge in [0.15, 0.2) is 28.8 Å². The summed E-state index contributed by atoms with van der Waals surface area (Å²) in [5.74, 6) is 1.75. The second kappa shape index (κ2) is 9.27. The molecule has 3 aromatic carbocycles. The molecule has 2 N–H and O–H groups in total. The fourth-order valence-corrected chi connectivity index (χ4v) is 3.95. The quantitative estimate of drug-likeness (QED) is 0.362. The largest absolute Gasteiger partial charge is 0.504 e. The SMILES string of the molecule is COc1ccc2[nH]c(-c3ccc(OC)c(O)c3)c(C(=O)c3cc(OC)c(OC)c(OC)c3)c2c1. The Labute approximate surface area is 196 Å². The summed E-state index contributed by atoms with van der Waals surface area (Å²) in [6, 6.07) is 13.6. The van der Waals surface area contributed by atoms with Crippen LogP contribution >= 0.6 is 0 Å². The molecular formula is C26H25NO7. The Hall–Kier alpha value is -4.33. The predicted molar refractivity (Wildman–Crippen MR) is 128 cm³/mol. The van der Waals surface area contributed by atoms with Crippen LogP contribution in [0.2, 0.25) is 0 Å². The lowest BCUT2D eigenvalue weighted by Crippen LogP contribution is -2.05. The summed E-state index contributed by atoms with van der Waals surface area (Å²) >= 11 is 0. The first-order chi connectivity index (χ1) is 16.4. The molecule has 0 atom stereocenters. The van der Waals surface area contributed by atoms with Crippen molar-refractivity contribution in [1.29, 1.82) is 0 Å². The number of H-pyrrole nitrogens is 1. The number of hydrogen-bond acceptors (Lipinski definition) is 7. The summed E-state index contributed by atoms with van der Waals surface area (Å²) in [4.78, 5) is 17.3. The molecule has 0 fully saturated rings. The minimum Gasteiger partial charge on any atom is -0.504 e. The molecule has 1 aromatic heterocycles. The molecule has 0 amide bonds. The van der Waals surface area contributed by atoms with Gasteiger partial charge in [-0.2, -0.15) is 0 Å². The van der Waals surface area contributed by atoms with E-state index < -0.39 is 0 Å². The fraction of sp³-hybridized carbons (Fsp3) is 0.192. The van der Waals surface area contributed by atoms with Crippen LogP contribution in [-0.4, -0.2) is 51.4 Å². The zero-order chi connectivity index (χ0) is 24.4. The number of nitrogens with one attached hydrogen (secondary N) is 1. The molecule has 8 heteroatoms. The number of hydrogen-bond donors (Lipinski definition) is 2. The van der Waals surface area contributed by atoms with Gasteiger partial charge in [-0.1, -0.05) is 0 Å². The van der Waals surface area contributed by atoms with Gasteiger partial charge in [0.2, 0.25) is 5.75 Å². The number of rotatable bonds is 8. The standard InChI is InChI=1S/C26H25NO7/c1-30-16-7-8-18-17(13-16)23(24(27-18)14-6-9-20(31-2)19(28)10-14)25(29)15-11-21(32-3)26(34-5)22(12-15)33-4/h6-13,27-28H,1-5H3. The first-order valence-corrected chi connectivity index (χ1v) is 10.4. The van der Waals surface area contributed by atoms with Gasteiger partial charge in [-0.05, 0) is 48.5 Å². The minimum atomic E-state index is -0.274. The van der Waals surface area contributed by atoms with Crippen molar-refractivity contribution in [3.05, 3.63) is 59.7 Å². The lowest BCUT2D eigenvalue weighted by Gasteiger charge is -2.14. The summed E-state index contributed by atoms with van der Waals surface area (Å²) in [7, 11) is 7.53. The number of methoxy groups -OCH3 is 5. The van der Waals surface area contributed by atoms with Crippen LogP contribution in [-0.2, 0) is 0 Å². The van der Waals surface area contributed by atoms with Crippen LogP contribution in [0.25, 0.3) is 22.2 Å². The summed E-state index contributed by atoms with van der Waals surface area (Å²) in [6.45, 7) is 0. The molecule has 0 saturated heterocycles. The Kier molecular flexibility index (Phi) is 6.23. The van der Waals surface area contributed by atoms with Crippen molar-refractivity contribution in [3.63, 3.8) is 0 Å². The molecule has 0 unspecified atom stereocenters. The van der Waals surface area contributed by atoms with Crippen LogP contribution in [0.1, 0.15) is 15.9 Å². The van der Waals surface area contributed by atoms with E-state index in [-0.39, 0.29) is 11.5 Å². The number of phenols is 1. The van der Waals surface area contributed by atoms with Crippen LogP contribution in [0.15, 0.2) is 48.5 Å². The number of ether oxygens (including phenoxy) is 5. The van der Waals surface area contributed by atoms with Crippen molar-refractivity contribution in [2.45, 2.75) is 0 Å². The number of aromatic nitrogens is 1. The first-order valence-electron chi connectivity index (χ1n) is 10.4. The van der Waals surface area contributed by atoms with Gasteiger partial charge in [-0.3, -0.25) is 4.79 Å². The molecule has 0 aliphatic rings. The molecule has 1 heterocycles. The van der Waals surface area contributed by atoms with E-state index in [1.54, 1.807) is 43.5 Å².